The summed E-state index contributed by atoms with van der Waals surface area (Å²) in [6.07, 6.45) is 3.10. The number of hydrogen-bond acceptors (Lipinski definition) is 9. The standard InChI is InChI=1S/C7H8N2O.C6H3N3O7/c1-5-2-3-9-4-6(5)7(8)10;10-6-4(8(13)14)1-3(7(11)12)2-5(6)9(15)16/h2-4H,1H3,(H2,8,10);1-2,10H. The zero-order valence-corrected chi connectivity index (χ0v) is 13.1. The molecule has 3 N–H and O–H groups in total. The Morgan fingerprint density at radius 2 is 1.58 bits per heavy atom. The molecule has 13 heteroatoms. The van der Waals surface area contributed by atoms with Gasteiger partial charge in [0, 0.05) is 12.4 Å². The molecule has 1 aromatic carbocycles. The van der Waals surface area contributed by atoms with Crippen LogP contribution in [-0.2, 0) is 0 Å². The van der Waals surface area contributed by atoms with Crippen molar-refractivity contribution in [1.29, 1.82) is 0 Å². The van der Waals surface area contributed by atoms with E-state index in [0.29, 0.717) is 17.7 Å². The third-order valence-electron chi connectivity index (χ3n) is 2.96. The lowest BCUT2D eigenvalue weighted by Crippen LogP contribution is -2.12. The lowest BCUT2D eigenvalue weighted by Gasteiger charge is -1.97. The number of pyridine rings is 1. The van der Waals surface area contributed by atoms with Crippen LogP contribution in [-0.4, -0.2) is 30.8 Å². The monoisotopic (exact) mass is 365 g/mol. The molecule has 2 aromatic rings. The zero-order valence-electron chi connectivity index (χ0n) is 13.1. The second-order valence-electron chi connectivity index (χ2n) is 4.66. The van der Waals surface area contributed by atoms with Crippen molar-refractivity contribution in [3.05, 3.63) is 72.1 Å². The molecule has 0 unspecified atom stereocenters. The van der Waals surface area contributed by atoms with Crippen molar-refractivity contribution in [3.63, 3.8) is 0 Å². The number of nitrogens with zero attached hydrogens (tertiary/aromatic N) is 4. The fraction of sp³-hybridized carbons (Fsp3) is 0.0769. The van der Waals surface area contributed by atoms with Crippen molar-refractivity contribution in [2.75, 3.05) is 0 Å². The second-order valence-corrected chi connectivity index (χ2v) is 4.66. The van der Waals surface area contributed by atoms with Gasteiger partial charge >= 0.3 is 11.4 Å². The van der Waals surface area contributed by atoms with Crippen molar-refractivity contribution in [1.82, 2.24) is 4.98 Å². The number of non-ortho nitro benzene ring substituents is 1. The molecular weight excluding hydrogens is 354 g/mol. The third-order valence-corrected chi connectivity index (χ3v) is 2.96. The van der Waals surface area contributed by atoms with Crippen LogP contribution in [0.4, 0.5) is 17.1 Å². The van der Waals surface area contributed by atoms with Crippen LogP contribution in [0, 0.1) is 37.3 Å². The number of primary amides is 1. The Labute approximate surface area is 144 Å². The lowest BCUT2D eigenvalue weighted by atomic mass is 10.1. The maximum Gasteiger partial charge on any atom is 0.324 e. The van der Waals surface area contributed by atoms with E-state index in [9.17, 15) is 35.1 Å². The number of phenols is 1. The average Bonchev–Trinajstić information content (AvgIpc) is 2.55. The van der Waals surface area contributed by atoms with Gasteiger partial charge in [-0.25, -0.2) is 0 Å². The summed E-state index contributed by atoms with van der Waals surface area (Å²) in [6.45, 7) is 1.82. The first kappa shape index (κ1) is 19.9. The van der Waals surface area contributed by atoms with Crippen molar-refractivity contribution < 1.29 is 24.7 Å². The minimum Gasteiger partial charge on any atom is -0.497 e. The number of aryl methyl sites for hydroxylation is 1. The first-order valence-electron chi connectivity index (χ1n) is 6.56. The molecule has 1 heterocycles. The predicted molar refractivity (Wildman–Crippen MR) is 85.6 cm³/mol. The van der Waals surface area contributed by atoms with Crippen molar-refractivity contribution >= 4 is 23.0 Å². The molecule has 0 aliphatic rings. The van der Waals surface area contributed by atoms with E-state index in [4.69, 9.17) is 10.8 Å². The van der Waals surface area contributed by atoms with E-state index in [0.717, 1.165) is 5.56 Å². The van der Waals surface area contributed by atoms with Gasteiger partial charge in [-0.3, -0.25) is 40.1 Å². The number of benzene rings is 1. The van der Waals surface area contributed by atoms with Crippen LogP contribution < -0.4 is 5.73 Å². The summed E-state index contributed by atoms with van der Waals surface area (Å²) in [5.41, 5.74) is 3.39. The zero-order chi connectivity index (χ0) is 20.0. The normalized spacial score (nSPS) is 9.58. The van der Waals surface area contributed by atoms with Gasteiger partial charge in [0.05, 0.1) is 32.5 Å². The number of nitro groups is 3. The molecule has 13 nitrogen and oxygen atoms in total. The molecule has 1 amide bonds. The number of aromatic hydroxyl groups is 1. The highest BCUT2D eigenvalue weighted by Gasteiger charge is 2.30. The number of phenolic OH excluding ortho intramolecular Hbond substituents is 1. The van der Waals surface area contributed by atoms with Crippen LogP contribution >= 0.6 is 0 Å². The molecule has 0 fully saturated rings. The van der Waals surface area contributed by atoms with Crippen LogP contribution in [0.2, 0.25) is 0 Å². The molecule has 0 bridgehead atoms. The SMILES string of the molecule is Cc1ccncc1C(N)=O.O=[N+]([O-])c1cc([N+](=O)[O-])c(O)c([N+](=O)[O-])c1. The maximum atomic E-state index is 10.6. The summed E-state index contributed by atoms with van der Waals surface area (Å²) in [5.74, 6) is -1.63. The molecule has 136 valence electrons. The highest BCUT2D eigenvalue weighted by Crippen LogP contribution is 2.38. The van der Waals surface area contributed by atoms with Crippen LogP contribution in [0.5, 0.6) is 5.75 Å². The first-order chi connectivity index (χ1) is 12.1. The van der Waals surface area contributed by atoms with E-state index < -0.39 is 43.5 Å². The largest absolute Gasteiger partial charge is 0.497 e. The van der Waals surface area contributed by atoms with Crippen molar-refractivity contribution in [3.8, 4) is 5.75 Å². The number of aromatic nitrogens is 1. The smallest absolute Gasteiger partial charge is 0.324 e. The Balaban J connectivity index is 0.000000289. The first-order valence-corrected chi connectivity index (χ1v) is 6.56. The number of nitro benzene ring substituents is 3. The van der Waals surface area contributed by atoms with Gasteiger partial charge in [0.15, 0.2) is 0 Å². The summed E-state index contributed by atoms with van der Waals surface area (Å²) in [6, 6.07) is 2.64. The Kier molecular flexibility index (Phi) is 6.19. The number of hydrogen-bond donors (Lipinski definition) is 2. The predicted octanol–water partition coefficient (Wildman–Crippen LogP) is 1.61. The van der Waals surface area contributed by atoms with E-state index in [1.54, 1.807) is 12.3 Å². The Morgan fingerprint density at radius 3 is 1.88 bits per heavy atom. The molecule has 26 heavy (non-hydrogen) atoms. The topological polar surface area (TPSA) is 206 Å². The Hall–Kier alpha value is -4.16. The lowest BCUT2D eigenvalue weighted by molar-refractivity contribution is -0.404. The van der Waals surface area contributed by atoms with Gasteiger partial charge in [0.2, 0.25) is 0 Å². The molecule has 0 atom stereocenters. The van der Waals surface area contributed by atoms with Gasteiger partial charge < -0.3 is 10.8 Å². The van der Waals surface area contributed by atoms with E-state index in [-0.39, 0.29) is 0 Å². The van der Waals surface area contributed by atoms with E-state index in [1.165, 1.54) is 6.20 Å². The van der Waals surface area contributed by atoms with Crippen molar-refractivity contribution in [2.45, 2.75) is 6.92 Å². The summed E-state index contributed by atoms with van der Waals surface area (Å²) < 4.78 is 0. The van der Waals surface area contributed by atoms with Crippen LogP contribution in [0.3, 0.4) is 0 Å². The van der Waals surface area contributed by atoms with E-state index in [2.05, 4.69) is 4.98 Å². The van der Waals surface area contributed by atoms with E-state index in [1.807, 2.05) is 6.92 Å². The van der Waals surface area contributed by atoms with Crippen LogP contribution in [0.25, 0.3) is 0 Å². The van der Waals surface area contributed by atoms with Crippen LogP contribution in [0.1, 0.15) is 15.9 Å². The molecule has 0 saturated heterocycles. The number of rotatable bonds is 4. The molecular formula is C13H11N5O8. The number of carbonyl (C=O) groups is 1. The minimum atomic E-state index is -1.21. The van der Waals surface area contributed by atoms with Crippen molar-refractivity contribution in [2.24, 2.45) is 5.73 Å². The summed E-state index contributed by atoms with van der Waals surface area (Å²) in [7, 11) is 0. The van der Waals surface area contributed by atoms with E-state index >= 15 is 0 Å². The van der Waals surface area contributed by atoms with Gasteiger partial charge in [0.1, 0.15) is 0 Å². The molecule has 0 spiro atoms. The third kappa shape index (κ3) is 4.67. The van der Waals surface area contributed by atoms with Crippen LogP contribution in [0.15, 0.2) is 30.6 Å². The summed E-state index contributed by atoms with van der Waals surface area (Å²) in [5, 5.41) is 40.2. The number of nitrogens with two attached hydrogens (primary N) is 1. The molecule has 0 aliphatic carbocycles. The molecule has 0 radical (unpaired) electrons. The Bertz CT molecular complexity index is 863. The molecule has 0 aliphatic heterocycles. The molecule has 2 rings (SSSR count). The average molecular weight is 365 g/mol. The highest BCUT2D eigenvalue weighted by atomic mass is 16.6. The summed E-state index contributed by atoms with van der Waals surface area (Å²) >= 11 is 0. The fourth-order valence-electron chi connectivity index (χ4n) is 1.70. The fourth-order valence-corrected chi connectivity index (χ4v) is 1.70. The maximum absolute atomic E-state index is 10.6. The highest BCUT2D eigenvalue weighted by molar-refractivity contribution is 5.93. The van der Waals surface area contributed by atoms with Gasteiger partial charge in [-0.1, -0.05) is 0 Å². The van der Waals surface area contributed by atoms with Gasteiger partial charge in [-0.15, -0.1) is 0 Å². The second kappa shape index (κ2) is 8.09. The van der Waals surface area contributed by atoms with Gasteiger partial charge in [0.25, 0.3) is 17.3 Å². The summed E-state index contributed by atoms with van der Waals surface area (Å²) in [4.78, 5) is 42.1. The Morgan fingerprint density at radius 1 is 1.08 bits per heavy atom. The minimum absolute atomic E-state index is 0.425. The van der Waals surface area contributed by atoms with Gasteiger partial charge in [-0.2, -0.15) is 0 Å². The number of amides is 1. The quantitative estimate of drug-likeness (QED) is 0.595. The molecule has 0 saturated carbocycles. The molecule has 1 aromatic heterocycles. The van der Waals surface area contributed by atoms with Gasteiger partial charge in [-0.05, 0) is 18.6 Å². The number of carbonyl (C=O) groups excluding carboxylic acids is 1.